The molecule has 0 aromatic heterocycles. The van der Waals surface area contributed by atoms with Gasteiger partial charge in [-0.2, -0.15) is 0 Å². The molecule has 0 fully saturated rings. The Kier molecular flexibility index (Phi) is 6.37. The Balaban J connectivity index is 4.02. The number of allylic oxidation sites excluding steroid dienone is 1. The van der Waals surface area contributed by atoms with Gasteiger partial charge in [0.05, 0.1) is 0 Å². The number of ether oxygens (including phenoxy) is 2. The summed E-state index contributed by atoms with van der Waals surface area (Å²) >= 11 is 0. The minimum Gasteiger partial charge on any atom is -0.459 e. The molecule has 102 valence electrons. The molecule has 0 atom stereocenters. The standard InChI is InChI=1S/C14H22O4/c1-10(2)12(15)17-7-8-18-13(16)11(3)9-14(4,5)6/h9H,1,7-8H2,2-6H3. The van der Waals surface area contributed by atoms with E-state index >= 15 is 0 Å². The average molecular weight is 254 g/mol. The summed E-state index contributed by atoms with van der Waals surface area (Å²) in [6.07, 6.45) is 1.84. The van der Waals surface area contributed by atoms with Gasteiger partial charge in [0.1, 0.15) is 13.2 Å². The third kappa shape index (κ3) is 7.65. The van der Waals surface area contributed by atoms with Crippen LogP contribution in [0.25, 0.3) is 0 Å². The molecule has 0 aliphatic carbocycles. The number of hydrogen-bond acceptors (Lipinski definition) is 4. The van der Waals surface area contributed by atoms with Gasteiger partial charge in [0.2, 0.25) is 0 Å². The fourth-order valence-electron chi connectivity index (χ4n) is 1.21. The molecule has 0 amide bonds. The van der Waals surface area contributed by atoms with E-state index in [9.17, 15) is 9.59 Å². The lowest BCUT2D eigenvalue weighted by atomic mass is 9.94. The highest BCUT2D eigenvalue weighted by atomic mass is 16.6. The van der Waals surface area contributed by atoms with E-state index in [0.29, 0.717) is 11.1 Å². The van der Waals surface area contributed by atoms with Crippen LogP contribution in [0.3, 0.4) is 0 Å². The van der Waals surface area contributed by atoms with E-state index in [-0.39, 0.29) is 18.6 Å². The zero-order chi connectivity index (χ0) is 14.3. The zero-order valence-corrected chi connectivity index (χ0v) is 11.8. The molecule has 0 saturated heterocycles. The van der Waals surface area contributed by atoms with E-state index in [2.05, 4.69) is 6.58 Å². The molecular weight excluding hydrogens is 232 g/mol. The van der Waals surface area contributed by atoms with Gasteiger partial charge in [0, 0.05) is 11.1 Å². The molecule has 0 aromatic carbocycles. The number of hydrogen-bond donors (Lipinski definition) is 0. The van der Waals surface area contributed by atoms with Crippen LogP contribution in [-0.4, -0.2) is 25.2 Å². The van der Waals surface area contributed by atoms with Crippen molar-refractivity contribution >= 4 is 11.9 Å². The second-order valence-corrected chi connectivity index (χ2v) is 5.25. The van der Waals surface area contributed by atoms with Crippen molar-refractivity contribution in [3.63, 3.8) is 0 Å². The van der Waals surface area contributed by atoms with Crippen molar-refractivity contribution in [2.45, 2.75) is 34.6 Å². The SMILES string of the molecule is C=C(C)C(=O)OCCOC(=O)C(C)=CC(C)(C)C. The van der Waals surface area contributed by atoms with E-state index in [1.807, 2.05) is 26.8 Å². The molecule has 0 aromatic rings. The molecule has 0 aliphatic rings. The molecule has 4 nitrogen and oxygen atoms in total. The Morgan fingerprint density at radius 2 is 1.50 bits per heavy atom. The quantitative estimate of drug-likeness (QED) is 0.430. The van der Waals surface area contributed by atoms with Crippen LogP contribution in [-0.2, 0) is 19.1 Å². The normalized spacial score (nSPS) is 11.9. The second-order valence-electron chi connectivity index (χ2n) is 5.25. The van der Waals surface area contributed by atoms with Crippen LogP contribution in [0.2, 0.25) is 0 Å². The number of rotatable bonds is 5. The molecular formula is C14H22O4. The van der Waals surface area contributed by atoms with E-state index in [1.165, 1.54) is 0 Å². The van der Waals surface area contributed by atoms with Crippen molar-refractivity contribution in [1.82, 2.24) is 0 Å². The Labute approximate surface area is 109 Å². The Hall–Kier alpha value is -1.58. The predicted molar refractivity (Wildman–Crippen MR) is 69.9 cm³/mol. The lowest BCUT2D eigenvalue weighted by Crippen LogP contribution is -2.15. The summed E-state index contributed by atoms with van der Waals surface area (Å²) in [6, 6.07) is 0. The monoisotopic (exact) mass is 254 g/mol. The van der Waals surface area contributed by atoms with Crippen LogP contribution in [0, 0.1) is 5.41 Å². The Morgan fingerprint density at radius 1 is 1.06 bits per heavy atom. The van der Waals surface area contributed by atoms with Gasteiger partial charge < -0.3 is 9.47 Å². The Bertz CT molecular complexity index is 358. The first kappa shape index (κ1) is 16.4. The first-order valence-electron chi connectivity index (χ1n) is 5.82. The van der Waals surface area contributed by atoms with Crippen molar-refractivity contribution in [3.8, 4) is 0 Å². The van der Waals surface area contributed by atoms with Crippen LogP contribution < -0.4 is 0 Å². The molecule has 0 heterocycles. The highest BCUT2D eigenvalue weighted by Gasteiger charge is 2.12. The Morgan fingerprint density at radius 3 is 1.89 bits per heavy atom. The van der Waals surface area contributed by atoms with Crippen LogP contribution >= 0.6 is 0 Å². The molecule has 0 spiro atoms. The van der Waals surface area contributed by atoms with Crippen molar-refractivity contribution in [2.75, 3.05) is 13.2 Å². The molecule has 0 aliphatic heterocycles. The van der Waals surface area contributed by atoms with Crippen molar-refractivity contribution in [1.29, 1.82) is 0 Å². The largest absolute Gasteiger partial charge is 0.459 e. The van der Waals surface area contributed by atoms with Gasteiger partial charge in [0.15, 0.2) is 0 Å². The minimum atomic E-state index is -0.479. The summed E-state index contributed by atoms with van der Waals surface area (Å²) in [5.41, 5.74) is 0.800. The lowest BCUT2D eigenvalue weighted by Gasteiger charge is -2.13. The van der Waals surface area contributed by atoms with Gasteiger partial charge in [-0.3, -0.25) is 0 Å². The summed E-state index contributed by atoms with van der Waals surface area (Å²) in [6.45, 7) is 12.8. The third-order valence-electron chi connectivity index (χ3n) is 1.87. The molecule has 0 unspecified atom stereocenters. The van der Waals surface area contributed by atoms with Crippen molar-refractivity contribution in [3.05, 3.63) is 23.8 Å². The molecule has 4 heteroatoms. The van der Waals surface area contributed by atoms with Crippen LogP contribution in [0.15, 0.2) is 23.8 Å². The van der Waals surface area contributed by atoms with E-state index in [4.69, 9.17) is 9.47 Å². The fourth-order valence-corrected chi connectivity index (χ4v) is 1.21. The maximum atomic E-state index is 11.6. The maximum absolute atomic E-state index is 11.6. The third-order valence-corrected chi connectivity index (χ3v) is 1.87. The van der Waals surface area contributed by atoms with Crippen molar-refractivity contribution in [2.24, 2.45) is 5.41 Å². The average Bonchev–Trinajstić information content (AvgIpc) is 2.20. The second kappa shape index (κ2) is 6.99. The highest BCUT2D eigenvalue weighted by molar-refractivity contribution is 5.88. The van der Waals surface area contributed by atoms with Gasteiger partial charge in [-0.05, 0) is 19.3 Å². The fraction of sp³-hybridized carbons (Fsp3) is 0.571. The molecule has 0 radical (unpaired) electrons. The van der Waals surface area contributed by atoms with Gasteiger partial charge in [-0.25, -0.2) is 9.59 Å². The lowest BCUT2D eigenvalue weighted by molar-refractivity contribution is -0.147. The van der Waals surface area contributed by atoms with Gasteiger partial charge in [-0.1, -0.05) is 33.4 Å². The van der Waals surface area contributed by atoms with E-state index in [1.54, 1.807) is 13.8 Å². The number of esters is 2. The van der Waals surface area contributed by atoms with Crippen LogP contribution in [0.4, 0.5) is 0 Å². The molecule has 18 heavy (non-hydrogen) atoms. The molecule has 0 rings (SSSR count). The van der Waals surface area contributed by atoms with Crippen LogP contribution in [0.1, 0.15) is 34.6 Å². The van der Waals surface area contributed by atoms with Gasteiger partial charge in [0.25, 0.3) is 0 Å². The summed E-state index contributed by atoms with van der Waals surface area (Å²) < 4.78 is 9.77. The van der Waals surface area contributed by atoms with E-state index in [0.717, 1.165) is 0 Å². The van der Waals surface area contributed by atoms with Gasteiger partial charge in [-0.15, -0.1) is 0 Å². The topological polar surface area (TPSA) is 52.6 Å². The number of carbonyl (C=O) groups excluding carboxylic acids is 2. The zero-order valence-electron chi connectivity index (χ0n) is 11.8. The first-order valence-corrected chi connectivity index (χ1v) is 5.82. The summed E-state index contributed by atoms with van der Waals surface area (Å²) in [4.78, 5) is 22.6. The molecule has 0 N–H and O–H groups in total. The molecule has 0 bridgehead atoms. The molecule has 0 saturated carbocycles. The van der Waals surface area contributed by atoms with Crippen LogP contribution in [0.5, 0.6) is 0 Å². The summed E-state index contributed by atoms with van der Waals surface area (Å²) in [7, 11) is 0. The first-order chi connectivity index (χ1) is 8.13. The van der Waals surface area contributed by atoms with Crippen molar-refractivity contribution < 1.29 is 19.1 Å². The highest BCUT2D eigenvalue weighted by Crippen LogP contribution is 2.17. The van der Waals surface area contributed by atoms with Gasteiger partial charge >= 0.3 is 11.9 Å². The smallest absolute Gasteiger partial charge is 0.333 e. The minimum absolute atomic E-state index is 0.0419. The van der Waals surface area contributed by atoms with E-state index < -0.39 is 11.9 Å². The predicted octanol–water partition coefficient (Wildman–Crippen LogP) is 2.64. The summed E-state index contributed by atoms with van der Waals surface area (Å²) in [5.74, 6) is -0.871. The summed E-state index contributed by atoms with van der Waals surface area (Å²) in [5, 5.41) is 0. The maximum Gasteiger partial charge on any atom is 0.333 e. The number of carbonyl (C=O) groups is 2.